The quantitative estimate of drug-likeness (QED) is 0.370. The molecule has 0 amide bonds. The van der Waals surface area contributed by atoms with Crippen LogP contribution in [0.15, 0.2) is 29.3 Å². The Labute approximate surface area is 195 Å². The van der Waals surface area contributed by atoms with Crippen molar-refractivity contribution in [2.24, 2.45) is 4.99 Å². The van der Waals surface area contributed by atoms with E-state index in [2.05, 4.69) is 14.7 Å². The van der Waals surface area contributed by atoms with E-state index in [0.29, 0.717) is 0 Å². The minimum absolute atomic E-state index is 0.0392. The van der Waals surface area contributed by atoms with Crippen molar-refractivity contribution in [2.75, 3.05) is 0 Å². The number of halogens is 15. The summed E-state index contributed by atoms with van der Waals surface area (Å²) in [6, 6.07) is -0.658. The molecule has 0 aliphatic rings. The van der Waals surface area contributed by atoms with Crippen molar-refractivity contribution in [3.05, 3.63) is 46.7 Å². The van der Waals surface area contributed by atoms with Gasteiger partial charge in [0.05, 0.1) is 16.8 Å². The molecule has 0 fully saturated rings. The van der Waals surface area contributed by atoms with Crippen LogP contribution < -0.4 is 10.4 Å². The monoisotopic (exact) mass is 569 g/mol. The van der Waals surface area contributed by atoms with Gasteiger partial charge in [0.15, 0.2) is 11.6 Å². The van der Waals surface area contributed by atoms with Crippen LogP contribution in [0.2, 0.25) is 0 Å². The van der Waals surface area contributed by atoms with E-state index in [0.717, 1.165) is 6.92 Å². The molecule has 0 saturated heterocycles. The van der Waals surface area contributed by atoms with E-state index in [9.17, 15) is 65.9 Å². The van der Waals surface area contributed by atoms with Crippen LogP contribution in [0.1, 0.15) is 23.7 Å². The maximum atomic E-state index is 13.4. The smallest absolute Gasteiger partial charge is 0.434 e. The Bertz CT molecular complexity index is 1170. The lowest BCUT2D eigenvalue weighted by molar-refractivity contribution is -0.301. The number of hydrogen-bond acceptors (Lipinski definition) is 3. The standard InChI is InChI=1S/C18H10F15N3O/c1-2-36-11(37-12(17(28,29)30)18(31,32)33)6-10(16(25,26)27)35-13(36)34-9-4-3-7(14(19,20)21)5-8(9)15(22,23)24/h3-6,12H,2H2,1H3. The first-order valence-electron chi connectivity index (χ1n) is 9.28. The van der Waals surface area contributed by atoms with Gasteiger partial charge in [0.1, 0.15) is 0 Å². The number of benzene rings is 1. The molecule has 1 heterocycles. The first-order chi connectivity index (χ1) is 16.5. The zero-order chi connectivity index (χ0) is 28.8. The minimum Gasteiger partial charge on any atom is -0.456 e. The third kappa shape index (κ3) is 7.21. The number of rotatable bonds is 4. The zero-order valence-corrected chi connectivity index (χ0v) is 17.5. The largest absolute Gasteiger partial charge is 0.456 e. The van der Waals surface area contributed by atoms with Crippen molar-refractivity contribution in [3.63, 3.8) is 0 Å². The van der Waals surface area contributed by atoms with Gasteiger partial charge >= 0.3 is 30.9 Å². The maximum Gasteiger partial charge on any atom is 0.434 e. The van der Waals surface area contributed by atoms with Crippen molar-refractivity contribution in [1.29, 1.82) is 0 Å². The second kappa shape index (κ2) is 9.62. The second-order valence-electron chi connectivity index (χ2n) is 6.94. The predicted octanol–water partition coefficient (Wildman–Crippen LogP) is 7.06. The Morgan fingerprint density at radius 3 is 1.73 bits per heavy atom. The van der Waals surface area contributed by atoms with E-state index >= 15 is 0 Å². The van der Waals surface area contributed by atoms with E-state index in [1.807, 2.05) is 0 Å². The van der Waals surface area contributed by atoms with Crippen molar-refractivity contribution >= 4 is 5.69 Å². The molecule has 0 spiro atoms. The van der Waals surface area contributed by atoms with Gasteiger partial charge in [-0.2, -0.15) is 65.9 Å². The molecule has 1 aromatic carbocycles. The summed E-state index contributed by atoms with van der Waals surface area (Å²) in [4.78, 5) is 5.93. The first-order valence-corrected chi connectivity index (χ1v) is 9.28. The van der Waals surface area contributed by atoms with Crippen LogP contribution in [0.3, 0.4) is 0 Å². The fraction of sp³-hybridized carbons (Fsp3) is 0.444. The van der Waals surface area contributed by atoms with Crippen LogP contribution in [-0.2, 0) is 25.1 Å². The molecule has 0 aliphatic heterocycles. The van der Waals surface area contributed by atoms with Gasteiger partial charge in [-0.1, -0.05) is 0 Å². The molecule has 19 heteroatoms. The molecule has 0 saturated carbocycles. The summed E-state index contributed by atoms with van der Waals surface area (Å²) in [5, 5.41) is 0. The fourth-order valence-corrected chi connectivity index (χ4v) is 2.70. The molecular formula is C18H10F15N3O. The van der Waals surface area contributed by atoms with E-state index < -0.39 is 83.6 Å². The number of nitrogens with zero attached hydrogens (tertiary/aromatic N) is 3. The van der Waals surface area contributed by atoms with Crippen molar-refractivity contribution in [2.45, 2.75) is 50.5 Å². The van der Waals surface area contributed by atoms with Crippen molar-refractivity contribution in [3.8, 4) is 5.88 Å². The summed E-state index contributed by atoms with van der Waals surface area (Å²) < 4.78 is 200. The highest BCUT2D eigenvalue weighted by Gasteiger charge is 2.59. The van der Waals surface area contributed by atoms with Gasteiger partial charge in [-0.15, -0.1) is 0 Å². The highest BCUT2D eigenvalue weighted by atomic mass is 19.4. The normalized spacial score (nSPS) is 14.5. The Hall–Kier alpha value is -3.15. The summed E-state index contributed by atoms with van der Waals surface area (Å²) in [5.41, 5.74) is -9.18. The van der Waals surface area contributed by atoms with Crippen LogP contribution in [0.5, 0.6) is 5.88 Å². The van der Waals surface area contributed by atoms with Gasteiger partial charge in [0.25, 0.3) is 6.10 Å². The first kappa shape index (κ1) is 30.1. The van der Waals surface area contributed by atoms with E-state index in [1.165, 1.54) is 0 Å². The van der Waals surface area contributed by atoms with Gasteiger partial charge in [-0.25, -0.2) is 9.98 Å². The molecule has 0 aliphatic carbocycles. The highest BCUT2D eigenvalue weighted by Crippen LogP contribution is 2.41. The fourth-order valence-electron chi connectivity index (χ4n) is 2.70. The van der Waals surface area contributed by atoms with Gasteiger partial charge in [-0.05, 0) is 25.1 Å². The molecule has 0 atom stereocenters. The average molecular weight is 569 g/mol. The van der Waals surface area contributed by atoms with Crippen LogP contribution in [-0.4, -0.2) is 28.0 Å². The molecule has 208 valence electrons. The lowest BCUT2D eigenvalue weighted by Crippen LogP contribution is -2.47. The third-order valence-corrected chi connectivity index (χ3v) is 4.28. The topological polar surface area (TPSA) is 39.4 Å². The summed E-state index contributed by atoms with van der Waals surface area (Å²) in [7, 11) is 0. The van der Waals surface area contributed by atoms with Crippen LogP contribution in [0.4, 0.5) is 71.5 Å². The van der Waals surface area contributed by atoms with Gasteiger partial charge in [-0.3, -0.25) is 4.57 Å². The van der Waals surface area contributed by atoms with E-state index in [-0.39, 0.29) is 22.8 Å². The molecule has 37 heavy (non-hydrogen) atoms. The Morgan fingerprint density at radius 2 is 1.32 bits per heavy atom. The Balaban J connectivity index is 2.93. The summed E-state index contributed by atoms with van der Waals surface area (Å²) in [6.07, 6.45) is -33.5. The SMILES string of the molecule is CCn1c(OC(C(F)(F)F)C(F)(F)F)cc(C(F)(F)F)nc1=Nc1ccc(C(F)(F)F)cc1C(F)(F)F. The average Bonchev–Trinajstić information content (AvgIpc) is 2.68. The molecule has 2 aromatic rings. The predicted molar refractivity (Wildman–Crippen MR) is 91.1 cm³/mol. The number of hydrogen-bond donors (Lipinski definition) is 0. The van der Waals surface area contributed by atoms with Crippen LogP contribution in [0.25, 0.3) is 0 Å². The van der Waals surface area contributed by atoms with E-state index in [4.69, 9.17) is 0 Å². The Kier molecular flexibility index (Phi) is 7.82. The number of aromatic nitrogens is 2. The lowest BCUT2D eigenvalue weighted by Gasteiger charge is -2.25. The van der Waals surface area contributed by atoms with Crippen molar-refractivity contribution < 1.29 is 70.6 Å². The maximum absolute atomic E-state index is 13.4. The second-order valence-corrected chi connectivity index (χ2v) is 6.94. The molecule has 0 bridgehead atoms. The van der Waals surface area contributed by atoms with Crippen LogP contribution >= 0.6 is 0 Å². The summed E-state index contributed by atoms with van der Waals surface area (Å²) >= 11 is 0. The molecule has 0 radical (unpaired) electrons. The van der Waals surface area contributed by atoms with Gasteiger partial charge in [0, 0.05) is 12.6 Å². The zero-order valence-electron chi connectivity index (χ0n) is 17.5. The molecular weight excluding hydrogens is 559 g/mol. The third-order valence-electron chi connectivity index (χ3n) is 4.28. The van der Waals surface area contributed by atoms with Crippen LogP contribution in [0, 0.1) is 0 Å². The summed E-state index contributed by atoms with van der Waals surface area (Å²) in [5.74, 6) is -1.79. The number of alkyl halides is 15. The highest BCUT2D eigenvalue weighted by molar-refractivity contribution is 5.50. The summed E-state index contributed by atoms with van der Waals surface area (Å²) in [6.45, 7) is 0.0815. The number of ether oxygens (including phenoxy) is 1. The Morgan fingerprint density at radius 1 is 0.784 bits per heavy atom. The molecule has 4 nitrogen and oxygen atoms in total. The molecule has 0 N–H and O–H groups in total. The van der Waals surface area contributed by atoms with E-state index in [1.54, 1.807) is 0 Å². The lowest BCUT2D eigenvalue weighted by atomic mass is 10.1. The molecule has 2 rings (SSSR count). The molecule has 0 unspecified atom stereocenters. The van der Waals surface area contributed by atoms with Gasteiger partial charge in [0.2, 0.25) is 5.62 Å². The molecule has 1 aromatic heterocycles. The van der Waals surface area contributed by atoms with Gasteiger partial charge < -0.3 is 4.74 Å². The minimum atomic E-state index is -6.19. The van der Waals surface area contributed by atoms with Crippen molar-refractivity contribution in [1.82, 2.24) is 9.55 Å².